The number of hydrogen-bond donors (Lipinski definition) is 0. The number of carbonyl (C=O) groups is 2. The van der Waals surface area contributed by atoms with Crippen LogP contribution in [-0.4, -0.2) is 57.2 Å². The molecule has 2 fully saturated rings. The van der Waals surface area contributed by atoms with Gasteiger partial charge in [0.2, 0.25) is 11.8 Å². The molecule has 4 nitrogen and oxygen atoms in total. The van der Waals surface area contributed by atoms with Crippen LogP contribution in [0, 0.1) is 5.41 Å². The summed E-state index contributed by atoms with van der Waals surface area (Å²) in [7, 11) is 1.75. The maximum Gasteiger partial charge on any atom is 0.245 e. The highest BCUT2D eigenvalue weighted by molar-refractivity contribution is 7.99. The van der Waals surface area contributed by atoms with E-state index in [9.17, 15) is 9.59 Å². The fraction of sp³-hybridized carbons (Fsp3) is 0.833. The molecule has 2 atom stereocenters. The number of amides is 2. The van der Waals surface area contributed by atoms with Crippen molar-refractivity contribution >= 4 is 46.8 Å². The highest BCUT2D eigenvalue weighted by atomic mass is 35.5. The van der Waals surface area contributed by atoms with Crippen molar-refractivity contribution in [3.8, 4) is 0 Å². The van der Waals surface area contributed by atoms with Crippen LogP contribution in [0.1, 0.15) is 20.3 Å². The molecule has 19 heavy (non-hydrogen) atoms. The molecule has 0 N–H and O–H groups in total. The predicted octanol–water partition coefficient (Wildman–Crippen LogP) is 1.95. The molecule has 1 saturated heterocycles. The van der Waals surface area contributed by atoms with E-state index >= 15 is 0 Å². The average molecular weight is 325 g/mol. The van der Waals surface area contributed by atoms with Gasteiger partial charge in [-0.15, -0.1) is 35.0 Å². The lowest BCUT2D eigenvalue weighted by molar-refractivity contribution is -0.145. The van der Waals surface area contributed by atoms with Gasteiger partial charge in [-0.25, -0.2) is 0 Å². The smallest absolute Gasteiger partial charge is 0.245 e. The maximum atomic E-state index is 12.5. The molecule has 1 aliphatic carbocycles. The van der Waals surface area contributed by atoms with E-state index in [0.717, 1.165) is 0 Å². The second-order valence-corrected chi connectivity index (χ2v) is 7.84. The lowest BCUT2D eigenvalue weighted by Crippen LogP contribution is -2.50. The van der Waals surface area contributed by atoms with Crippen LogP contribution in [0.5, 0.6) is 0 Å². The lowest BCUT2D eigenvalue weighted by atomic mass is 10.1. The summed E-state index contributed by atoms with van der Waals surface area (Å²) in [6, 6.07) is -0.385. The predicted molar refractivity (Wildman–Crippen MR) is 78.4 cm³/mol. The fourth-order valence-corrected chi connectivity index (χ4v) is 4.05. The van der Waals surface area contributed by atoms with Crippen LogP contribution in [0.2, 0.25) is 0 Å². The van der Waals surface area contributed by atoms with Crippen molar-refractivity contribution in [2.75, 3.05) is 25.2 Å². The molecule has 2 aliphatic rings. The summed E-state index contributed by atoms with van der Waals surface area (Å²) >= 11 is 13.7. The number of halogens is 2. The minimum absolute atomic E-state index is 0.0140. The number of carbonyl (C=O) groups excluding carboxylic acids is 2. The van der Waals surface area contributed by atoms with Gasteiger partial charge in [0, 0.05) is 19.3 Å². The number of thioether (sulfide) groups is 1. The van der Waals surface area contributed by atoms with E-state index in [1.165, 1.54) is 0 Å². The first-order chi connectivity index (χ1) is 8.74. The van der Waals surface area contributed by atoms with E-state index in [-0.39, 0.29) is 17.9 Å². The Labute approximate surface area is 127 Å². The number of alkyl halides is 2. The molecule has 0 aromatic rings. The Bertz CT molecular complexity index is 419. The first-order valence-electron chi connectivity index (χ1n) is 6.26. The van der Waals surface area contributed by atoms with Crippen molar-refractivity contribution in [1.82, 2.24) is 9.80 Å². The third-order valence-corrected chi connectivity index (χ3v) is 6.12. The van der Waals surface area contributed by atoms with Crippen molar-refractivity contribution < 1.29 is 9.59 Å². The van der Waals surface area contributed by atoms with E-state index < -0.39 is 9.75 Å². The molecule has 0 radical (unpaired) electrons. The summed E-state index contributed by atoms with van der Waals surface area (Å²) in [5, 5.41) is 0. The first-order valence-corrected chi connectivity index (χ1v) is 8.17. The summed E-state index contributed by atoms with van der Waals surface area (Å²) in [6.07, 6.45) is 0.452. The van der Waals surface area contributed by atoms with E-state index in [1.807, 2.05) is 6.92 Å². The van der Waals surface area contributed by atoms with Crippen LogP contribution in [0.3, 0.4) is 0 Å². The Morgan fingerprint density at radius 1 is 1.47 bits per heavy atom. The van der Waals surface area contributed by atoms with Gasteiger partial charge in [-0.2, -0.15) is 0 Å². The Balaban J connectivity index is 2.12. The zero-order valence-electron chi connectivity index (χ0n) is 11.3. The molecular weight excluding hydrogens is 307 g/mol. The molecule has 0 bridgehead atoms. The van der Waals surface area contributed by atoms with Crippen LogP contribution >= 0.6 is 35.0 Å². The number of rotatable bonds is 3. The molecule has 108 valence electrons. The molecule has 2 amide bonds. The molecule has 7 heteroatoms. The minimum atomic E-state index is -0.985. The maximum absolute atomic E-state index is 12.5. The third-order valence-electron chi connectivity index (χ3n) is 4.01. The standard InChI is InChI=1S/C12H18Cl2N2O2S/c1-4-15(3)9(17)8-5-19-7-16(8)10(18)11(2)6-12(11,13)14/h8H,4-7H2,1-3H3/t8-,11+/m0/s1. The Morgan fingerprint density at radius 3 is 2.53 bits per heavy atom. The van der Waals surface area contributed by atoms with Gasteiger partial charge >= 0.3 is 0 Å². The summed E-state index contributed by atoms with van der Waals surface area (Å²) in [6.45, 7) is 4.31. The molecular formula is C12H18Cl2N2O2S. The average Bonchev–Trinajstić information content (AvgIpc) is 2.75. The van der Waals surface area contributed by atoms with Gasteiger partial charge in [-0.3, -0.25) is 9.59 Å². The molecule has 1 aliphatic heterocycles. The van der Waals surface area contributed by atoms with Crippen LogP contribution in [0.4, 0.5) is 0 Å². The molecule has 0 aromatic heterocycles. The SMILES string of the molecule is CCN(C)C(=O)[C@@H]1CSCN1C(=O)[C@@]1(C)CC1(Cl)Cl. The molecule has 0 unspecified atom stereocenters. The monoisotopic (exact) mass is 324 g/mol. The van der Waals surface area contributed by atoms with Crippen LogP contribution in [-0.2, 0) is 9.59 Å². The zero-order chi connectivity index (χ0) is 14.4. The van der Waals surface area contributed by atoms with Crippen LogP contribution in [0.15, 0.2) is 0 Å². The fourth-order valence-electron chi connectivity index (χ4n) is 2.21. The molecule has 1 saturated carbocycles. The van der Waals surface area contributed by atoms with Crippen molar-refractivity contribution in [3.63, 3.8) is 0 Å². The zero-order valence-corrected chi connectivity index (χ0v) is 13.6. The number of likely N-dealkylation sites (N-methyl/N-ethyl adjacent to an activating group) is 1. The Kier molecular flexibility index (Phi) is 4.02. The van der Waals surface area contributed by atoms with E-state index in [2.05, 4.69) is 0 Å². The summed E-state index contributed by atoms with van der Waals surface area (Å²) in [4.78, 5) is 28.1. The summed E-state index contributed by atoms with van der Waals surface area (Å²) in [5.41, 5.74) is -0.746. The third kappa shape index (κ3) is 2.45. The van der Waals surface area contributed by atoms with Crippen molar-refractivity contribution in [2.45, 2.75) is 30.6 Å². The number of nitrogens with zero attached hydrogens (tertiary/aromatic N) is 2. The molecule has 2 rings (SSSR count). The van der Waals surface area contributed by atoms with Crippen molar-refractivity contribution in [1.29, 1.82) is 0 Å². The summed E-state index contributed by atoms with van der Waals surface area (Å²) < 4.78 is -0.985. The van der Waals surface area contributed by atoms with Crippen molar-refractivity contribution in [3.05, 3.63) is 0 Å². The topological polar surface area (TPSA) is 40.6 Å². The van der Waals surface area contributed by atoms with Gasteiger partial charge in [0.05, 0.1) is 11.3 Å². The quantitative estimate of drug-likeness (QED) is 0.745. The van der Waals surface area contributed by atoms with E-state index in [1.54, 1.807) is 35.5 Å². The Hall–Kier alpha value is -0.130. The van der Waals surface area contributed by atoms with E-state index in [0.29, 0.717) is 24.6 Å². The molecule has 1 heterocycles. The van der Waals surface area contributed by atoms with Crippen molar-refractivity contribution in [2.24, 2.45) is 5.41 Å². The van der Waals surface area contributed by atoms with Gasteiger partial charge in [0.25, 0.3) is 0 Å². The minimum Gasteiger partial charge on any atom is -0.344 e. The molecule has 0 aromatic carbocycles. The van der Waals surface area contributed by atoms with Gasteiger partial charge in [0.1, 0.15) is 10.4 Å². The Morgan fingerprint density at radius 2 is 2.05 bits per heavy atom. The number of hydrogen-bond acceptors (Lipinski definition) is 3. The van der Waals surface area contributed by atoms with Crippen LogP contribution in [0.25, 0.3) is 0 Å². The highest BCUT2D eigenvalue weighted by Crippen LogP contribution is 2.64. The first kappa shape index (κ1) is 15.3. The lowest BCUT2D eigenvalue weighted by Gasteiger charge is -2.29. The van der Waals surface area contributed by atoms with E-state index in [4.69, 9.17) is 23.2 Å². The largest absolute Gasteiger partial charge is 0.344 e. The normalized spacial score (nSPS) is 32.3. The molecule has 0 spiro atoms. The van der Waals surface area contributed by atoms with Gasteiger partial charge in [0.15, 0.2) is 0 Å². The van der Waals surface area contributed by atoms with Gasteiger partial charge in [-0.1, -0.05) is 0 Å². The van der Waals surface area contributed by atoms with Gasteiger partial charge in [-0.05, 0) is 20.3 Å². The summed E-state index contributed by atoms with van der Waals surface area (Å²) in [5.74, 6) is 1.06. The van der Waals surface area contributed by atoms with Gasteiger partial charge < -0.3 is 9.80 Å². The van der Waals surface area contributed by atoms with Crippen LogP contribution < -0.4 is 0 Å². The second kappa shape index (κ2) is 5.01. The second-order valence-electron chi connectivity index (χ2n) is 5.36. The highest BCUT2D eigenvalue weighted by Gasteiger charge is 2.69.